The lowest BCUT2D eigenvalue weighted by atomic mass is 10.1. The monoisotopic (exact) mass is 571 g/mol. The van der Waals surface area contributed by atoms with Crippen LogP contribution < -0.4 is 11.1 Å². The van der Waals surface area contributed by atoms with Gasteiger partial charge in [-0.3, -0.25) is 14.6 Å². The van der Waals surface area contributed by atoms with Crippen molar-refractivity contribution in [2.75, 3.05) is 19.3 Å². The maximum atomic E-state index is 13.5. The topological polar surface area (TPSA) is 144 Å². The third-order valence-electron chi connectivity index (χ3n) is 6.42. The molecular weight excluding hydrogens is 538 g/mol. The van der Waals surface area contributed by atoms with Crippen molar-refractivity contribution in [2.45, 2.75) is 51.0 Å². The second-order valence-corrected chi connectivity index (χ2v) is 12.5. The SMILES string of the molecule is CC(N)=NCCCC(NC(=O)[C@@H]1C[C@@H](OCc2ccccc2)CN1S(C)(=O)=O)C(=O)c1nc2ccccc2s1. The number of carbonyl (C=O) groups excluding carboxylic acids is 2. The molecule has 0 spiro atoms. The summed E-state index contributed by atoms with van der Waals surface area (Å²) in [5.74, 6) is -0.424. The van der Waals surface area contributed by atoms with E-state index in [1.54, 1.807) is 6.92 Å². The van der Waals surface area contributed by atoms with E-state index >= 15 is 0 Å². The molecule has 0 bridgehead atoms. The van der Waals surface area contributed by atoms with E-state index < -0.39 is 34.1 Å². The Morgan fingerprint density at radius 2 is 1.92 bits per heavy atom. The van der Waals surface area contributed by atoms with Gasteiger partial charge in [0.25, 0.3) is 0 Å². The zero-order chi connectivity index (χ0) is 28.0. The number of aliphatic imine (C=N–C) groups is 1. The number of para-hydroxylation sites is 1. The zero-order valence-corrected chi connectivity index (χ0v) is 23.6. The molecule has 0 aliphatic carbocycles. The zero-order valence-electron chi connectivity index (χ0n) is 21.9. The van der Waals surface area contributed by atoms with E-state index in [4.69, 9.17) is 10.5 Å². The van der Waals surface area contributed by atoms with Gasteiger partial charge in [-0.2, -0.15) is 4.31 Å². The van der Waals surface area contributed by atoms with E-state index in [0.717, 1.165) is 20.8 Å². The highest BCUT2D eigenvalue weighted by molar-refractivity contribution is 7.88. The van der Waals surface area contributed by atoms with Gasteiger partial charge in [0.2, 0.25) is 21.7 Å². The second-order valence-electron chi connectivity index (χ2n) is 9.58. The summed E-state index contributed by atoms with van der Waals surface area (Å²) in [5, 5.41) is 3.11. The molecule has 4 rings (SSSR count). The van der Waals surface area contributed by atoms with E-state index in [1.807, 2.05) is 54.6 Å². The minimum absolute atomic E-state index is 0.0602. The van der Waals surface area contributed by atoms with Gasteiger partial charge >= 0.3 is 0 Å². The molecule has 1 amide bonds. The minimum Gasteiger partial charge on any atom is -0.388 e. The van der Waals surface area contributed by atoms with Crippen molar-refractivity contribution in [3.8, 4) is 0 Å². The van der Waals surface area contributed by atoms with Crippen LogP contribution in [0.25, 0.3) is 10.2 Å². The molecule has 3 atom stereocenters. The number of nitrogens with two attached hydrogens (primary N) is 1. The Morgan fingerprint density at radius 3 is 2.62 bits per heavy atom. The van der Waals surface area contributed by atoms with Crippen LogP contribution in [-0.4, -0.2) is 72.8 Å². The maximum Gasteiger partial charge on any atom is 0.239 e. The summed E-state index contributed by atoms with van der Waals surface area (Å²) in [6.45, 7) is 2.44. The normalized spacial score (nSPS) is 19.3. The highest BCUT2D eigenvalue weighted by atomic mass is 32.2. The lowest BCUT2D eigenvalue weighted by Crippen LogP contribution is -2.50. The lowest BCUT2D eigenvalue weighted by Gasteiger charge is -2.24. The molecule has 2 aromatic carbocycles. The first-order valence-corrected chi connectivity index (χ1v) is 15.4. The fraction of sp³-hybridized carbons (Fsp3) is 0.407. The van der Waals surface area contributed by atoms with Crippen LogP contribution >= 0.6 is 11.3 Å². The number of ether oxygens (including phenoxy) is 1. The third kappa shape index (κ3) is 7.69. The predicted molar refractivity (Wildman–Crippen MR) is 152 cm³/mol. The number of hydrogen-bond donors (Lipinski definition) is 2. The Bertz CT molecular complexity index is 1400. The molecule has 1 aliphatic heterocycles. The molecule has 1 fully saturated rings. The molecule has 1 aromatic heterocycles. The van der Waals surface area contributed by atoms with Crippen LogP contribution in [-0.2, 0) is 26.2 Å². The number of sulfonamides is 1. The summed E-state index contributed by atoms with van der Waals surface area (Å²) < 4.78 is 33.1. The Labute approximate surface area is 232 Å². The molecule has 1 saturated heterocycles. The number of rotatable bonds is 12. The number of amidine groups is 1. The van der Waals surface area contributed by atoms with Gasteiger partial charge in [0.1, 0.15) is 6.04 Å². The number of Topliss-reactive ketones (excluding diaryl/α,β-unsaturated/α-hetero) is 1. The molecule has 208 valence electrons. The molecule has 39 heavy (non-hydrogen) atoms. The van der Waals surface area contributed by atoms with Crippen molar-refractivity contribution in [3.63, 3.8) is 0 Å². The molecule has 12 heteroatoms. The summed E-state index contributed by atoms with van der Waals surface area (Å²) in [7, 11) is -3.70. The van der Waals surface area contributed by atoms with Crippen LogP contribution in [0.1, 0.15) is 41.6 Å². The molecule has 0 radical (unpaired) electrons. The van der Waals surface area contributed by atoms with Crippen molar-refractivity contribution in [3.05, 3.63) is 65.2 Å². The molecule has 1 aliphatic rings. The largest absolute Gasteiger partial charge is 0.388 e. The van der Waals surface area contributed by atoms with Crippen LogP contribution in [0.5, 0.6) is 0 Å². The van der Waals surface area contributed by atoms with Crippen LogP contribution in [0.3, 0.4) is 0 Å². The number of fused-ring (bicyclic) bond motifs is 1. The van der Waals surface area contributed by atoms with Crippen molar-refractivity contribution >= 4 is 49.1 Å². The van der Waals surface area contributed by atoms with Crippen LogP contribution in [0.2, 0.25) is 0 Å². The lowest BCUT2D eigenvalue weighted by molar-refractivity contribution is -0.124. The van der Waals surface area contributed by atoms with Crippen molar-refractivity contribution < 1.29 is 22.7 Å². The number of aromatic nitrogens is 1. The summed E-state index contributed by atoms with van der Waals surface area (Å²) in [6.07, 6.45) is 1.60. The Morgan fingerprint density at radius 1 is 1.21 bits per heavy atom. The predicted octanol–water partition coefficient (Wildman–Crippen LogP) is 2.74. The highest BCUT2D eigenvalue weighted by Crippen LogP contribution is 2.26. The van der Waals surface area contributed by atoms with Gasteiger partial charge in [-0.15, -0.1) is 11.3 Å². The van der Waals surface area contributed by atoms with Crippen LogP contribution in [0.15, 0.2) is 59.6 Å². The van der Waals surface area contributed by atoms with Crippen LogP contribution in [0, 0.1) is 0 Å². The second kappa shape index (κ2) is 12.8. The molecule has 3 aromatic rings. The molecule has 0 saturated carbocycles. The molecule has 1 unspecified atom stereocenters. The maximum absolute atomic E-state index is 13.5. The molecule has 3 N–H and O–H groups in total. The standard InChI is InChI=1S/C27H33N5O5S2/c1-18(28)29-14-8-12-22(25(33)27-31-21-11-6-7-13-24(21)38-27)30-26(34)23-15-20(16-32(23)39(2,35)36)37-17-19-9-4-3-5-10-19/h3-7,9-11,13,20,22-23H,8,12,14-17H2,1-2H3,(H2,28,29)(H,30,34)/t20-,22?,23+/m1/s1. The average molecular weight is 572 g/mol. The van der Waals surface area contributed by atoms with Gasteiger partial charge in [-0.1, -0.05) is 42.5 Å². The molecular formula is C27H33N5O5S2. The van der Waals surface area contributed by atoms with E-state index in [2.05, 4.69) is 15.3 Å². The number of thiazole rings is 1. The number of carbonyl (C=O) groups is 2. The minimum atomic E-state index is -3.70. The number of benzene rings is 2. The number of ketones is 1. The highest BCUT2D eigenvalue weighted by Gasteiger charge is 2.43. The average Bonchev–Trinajstić information content (AvgIpc) is 3.54. The Kier molecular flexibility index (Phi) is 9.44. The van der Waals surface area contributed by atoms with E-state index in [0.29, 0.717) is 37.3 Å². The fourth-order valence-electron chi connectivity index (χ4n) is 4.50. The van der Waals surface area contributed by atoms with Crippen molar-refractivity contribution in [2.24, 2.45) is 10.7 Å². The first-order chi connectivity index (χ1) is 18.6. The summed E-state index contributed by atoms with van der Waals surface area (Å²) in [4.78, 5) is 35.6. The van der Waals surface area contributed by atoms with Gasteiger partial charge in [0.15, 0.2) is 5.01 Å². The van der Waals surface area contributed by atoms with Crippen LogP contribution in [0.4, 0.5) is 0 Å². The number of nitrogens with zero attached hydrogens (tertiary/aromatic N) is 3. The first kappa shape index (κ1) is 28.8. The Hall–Kier alpha value is -3.19. The Balaban J connectivity index is 1.50. The molecule has 10 nitrogen and oxygen atoms in total. The van der Waals surface area contributed by atoms with E-state index in [-0.39, 0.29) is 23.8 Å². The smallest absolute Gasteiger partial charge is 0.239 e. The number of nitrogens with one attached hydrogen (secondary N) is 1. The number of amides is 1. The quantitative estimate of drug-likeness (QED) is 0.147. The van der Waals surface area contributed by atoms with E-state index in [1.165, 1.54) is 11.3 Å². The van der Waals surface area contributed by atoms with Gasteiger partial charge in [0.05, 0.1) is 41.1 Å². The molecule has 2 heterocycles. The summed E-state index contributed by atoms with van der Waals surface area (Å²) in [5.41, 5.74) is 7.29. The van der Waals surface area contributed by atoms with Gasteiger partial charge in [-0.25, -0.2) is 13.4 Å². The summed E-state index contributed by atoms with van der Waals surface area (Å²) >= 11 is 1.26. The van der Waals surface area contributed by atoms with Gasteiger partial charge in [-0.05, 0) is 37.5 Å². The fourth-order valence-corrected chi connectivity index (χ4v) is 6.54. The van der Waals surface area contributed by atoms with Crippen molar-refractivity contribution in [1.29, 1.82) is 0 Å². The van der Waals surface area contributed by atoms with Crippen molar-refractivity contribution in [1.82, 2.24) is 14.6 Å². The third-order valence-corrected chi connectivity index (χ3v) is 8.73. The van der Waals surface area contributed by atoms with Gasteiger partial charge < -0.3 is 15.8 Å². The summed E-state index contributed by atoms with van der Waals surface area (Å²) in [6, 6.07) is 15.1. The number of hydrogen-bond acceptors (Lipinski definition) is 8. The van der Waals surface area contributed by atoms with E-state index in [9.17, 15) is 18.0 Å². The van der Waals surface area contributed by atoms with Gasteiger partial charge in [0, 0.05) is 19.5 Å². The first-order valence-electron chi connectivity index (χ1n) is 12.7.